The number of hydrogen-bond acceptors (Lipinski definition) is 7. The number of nitrogens with zero attached hydrogens (tertiary/aromatic N) is 4. The molecule has 2 heterocycles. The molecule has 7 nitrogen and oxygen atoms in total. The zero-order chi connectivity index (χ0) is 24.6. The van der Waals surface area contributed by atoms with E-state index in [1.54, 1.807) is 10.6 Å². The quantitative estimate of drug-likeness (QED) is 0.545. The van der Waals surface area contributed by atoms with Gasteiger partial charge in [-0.25, -0.2) is 9.37 Å². The Morgan fingerprint density at radius 3 is 1.59 bits per heavy atom. The first-order valence-electron chi connectivity index (χ1n) is 8.35. The molecule has 0 aromatic carbocycles. The highest BCUT2D eigenvalue weighted by Gasteiger charge is 2.39. The van der Waals surface area contributed by atoms with E-state index in [-0.39, 0.29) is 0 Å². The number of nitrogens with two attached hydrogens (primary N) is 1. The first kappa shape index (κ1) is 25.1. The average molecular weight is 481 g/mol. The maximum absolute atomic E-state index is 13.9. The van der Waals surface area contributed by atoms with Crippen LogP contribution < -0.4 is 16.4 Å². The predicted octanol–water partition coefficient (Wildman–Crippen LogP) is 4.40. The molecule has 0 aliphatic rings. The maximum Gasteiger partial charge on any atom is 0.435 e. The number of alkyl halides is 9. The van der Waals surface area contributed by atoms with Crippen molar-refractivity contribution in [3.05, 3.63) is 17.6 Å². The lowest BCUT2D eigenvalue weighted by molar-refractivity contribution is -0.141. The Morgan fingerprint density at radius 1 is 0.781 bits per heavy atom. The van der Waals surface area contributed by atoms with Crippen molar-refractivity contribution in [2.45, 2.75) is 44.5 Å². The van der Waals surface area contributed by atoms with Crippen LogP contribution in [0.2, 0.25) is 0 Å². The number of halogens is 10. The summed E-state index contributed by atoms with van der Waals surface area (Å²) in [7, 11) is 0. The summed E-state index contributed by atoms with van der Waals surface area (Å²) >= 11 is 0. The lowest BCUT2D eigenvalue weighted by atomic mass is 10.2. The molecule has 0 amide bonds. The summed E-state index contributed by atoms with van der Waals surface area (Å²) < 4.78 is 130. The number of pyridine rings is 1. The minimum atomic E-state index is -5.23. The van der Waals surface area contributed by atoms with Crippen molar-refractivity contribution in [2.24, 2.45) is 0 Å². The Hall–Kier alpha value is -3.14. The SMILES string of the molecule is CC(Nc1nc(NC(C)C(F)(F)F)nc(-c2cc(F)c(N)c(C(F)(F)F)n2)n1)C(F)(F)F. The molecule has 178 valence electrons. The zero-order valence-corrected chi connectivity index (χ0v) is 15.9. The fourth-order valence-electron chi connectivity index (χ4n) is 2.03. The highest BCUT2D eigenvalue weighted by molar-refractivity contribution is 5.59. The molecule has 4 N–H and O–H groups in total. The summed E-state index contributed by atoms with van der Waals surface area (Å²) in [5.74, 6) is -4.47. The smallest absolute Gasteiger partial charge is 0.395 e. The van der Waals surface area contributed by atoms with Gasteiger partial charge in [-0.2, -0.15) is 54.5 Å². The van der Waals surface area contributed by atoms with Gasteiger partial charge in [0, 0.05) is 6.07 Å². The second kappa shape index (κ2) is 8.42. The topological polar surface area (TPSA) is 102 Å². The summed E-state index contributed by atoms with van der Waals surface area (Å²) in [6.07, 6.45) is -14.9. The minimum absolute atomic E-state index is 0.341. The van der Waals surface area contributed by atoms with Gasteiger partial charge >= 0.3 is 18.5 Å². The number of hydrogen-bond donors (Lipinski definition) is 3. The van der Waals surface area contributed by atoms with Gasteiger partial charge in [0.1, 0.15) is 17.8 Å². The van der Waals surface area contributed by atoms with Gasteiger partial charge in [-0.15, -0.1) is 0 Å². The van der Waals surface area contributed by atoms with Crippen molar-refractivity contribution in [3.8, 4) is 11.5 Å². The molecule has 32 heavy (non-hydrogen) atoms. The van der Waals surface area contributed by atoms with E-state index in [0.717, 1.165) is 0 Å². The molecule has 2 aromatic rings. The third-order valence-corrected chi connectivity index (χ3v) is 3.81. The molecule has 17 heteroatoms. The fraction of sp³-hybridized carbons (Fsp3) is 0.467. The number of nitrogen functional groups attached to an aromatic ring is 1. The van der Waals surface area contributed by atoms with Gasteiger partial charge in [-0.05, 0) is 13.8 Å². The highest BCUT2D eigenvalue weighted by Crippen LogP contribution is 2.35. The van der Waals surface area contributed by atoms with Crippen LogP contribution in [0.3, 0.4) is 0 Å². The van der Waals surface area contributed by atoms with Crippen LogP contribution in [0, 0.1) is 5.82 Å². The molecule has 0 fully saturated rings. The van der Waals surface area contributed by atoms with Crippen LogP contribution in [0.5, 0.6) is 0 Å². The summed E-state index contributed by atoms with van der Waals surface area (Å²) in [6.45, 7) is 1.25. The molecule has 2 unspecified atom stereocenters. The molecule has 0 bridgehead atoms. The Balaban J connectivity index is 2.62. The van der Waals surface area contributed by atoms with E-state index in [2.05, 4.69) is 19.9 Å². The van der Waals surface area contributed by atoms with Crippen LogP contribution in [0.15, 0.2) is 6.07 Å². The molecule has 0 saturated heterocycles. The second-order valence-corrected chi connectivity index (χ2v) is 6.37. The van der Waals surface area contributed by atoms with Crippen molar-refractivity contribution in [1.29, 1.82) is 0 Å². The van der Waals surface area contributed by atoms with Crippen LogP contribution in [0.1, 0.15) is 19.5 Å². The van der Waals surface area contributed by atoms with E-state index in [4.69, 9.17) is 5.73 Å². The molecular formula is C15H13F10N7. The van der Waals surface area contributed by atoms with Gasteiger partial charge in [0.05, 0.1) is 5.69 Å². The third-order valence-electron chi connectivity index (χ3n) is 3.81. The van der Waals surface area contributed by atoms with Gasteiger partial charge in [-0.1, -0.05) is 0 Å². The number of nitrogens with one attached hydrogen (secondary N) is 2. The van der Waals surface area contributed by atoms with E-state index in [0.29, 0.717) is 19.9 Å². The second-order valence-electron chi connectivity index (χ2n) is 6.37. The van der Waals surface area contributed by atoms with Crippen LogP contribution in [-0.4, -0.2) is 44.4 Å². The monoisotopic (exact) mass is 481 g/mol. The summed E-state index contributed by atoms with van der Waals surface area (Å²) in [6, 6.07) is -4.28. The molecule has 0 spiro atoms. The fourth-order valence-corrected chi connectivity index (χ4v) is 2.03. The first-order valence-corrected chi connectivity index (χ1v) is 8.35. The lowest BCUT2D eigenvalue weighted by Gasteiger charge is -2.20. The van der Waals surface area contributed by atoms with Crippen LogP contribution in [0.4, 0.5) is 61.5 Å². The van der Waals surface area contributed by atoms with Crippen molar-refractivity contribution in [2.75, 3.05) is 16.4 Å². The van der Waals surface area contributed by atoms with E-state index in [1.165, 1.54) is 0 Å². The normalized spacial score (nSPS) is 14.8. The zero-order valence-electron chi connectivity index (χ0n) is 15.9. The van der Waals surface area contributed by atoms with Crippen LogP contribution in [0.25, 0.3) is 11.5 Å². The highest BCUT2D eigenvalue weighted by atomic mass is 19.4. The van der Waals surface area contributed by atoms with Gasteiger partial charge in [0.2, 0.25) is 11.9 Å². The summed E-state index contributed by atoms with van der Waals surface area (Å²) in [4.78, 5) is 13.3. The third kappa shape index (κ3) is 5.97. The molecule has 0 saturated carbocycles. The van der Waals surface area contributed by atoms with Crippen molar-refractivity contribution < 1.29 is 43.9 Å². The maximum atomic E-state index is 13.9. The van der Waals surface area contributed by atoms with Gasteiger partial charge < -0.3 is 16.4 Å². The van der Waals surface area contributed by atoms with Crippen LogP contribution >= 0.6 is 0 Å². The Labute approximate surface area is 172 Å². The molecule has 0 aliphatic heterocycles. The van der Waals surface area contributed by atoms with Crippen LogP contribution in [-0.2, 0) is 6.18 Å². The number of aromatic nitrogens is 4. The van der Waals surface area contributed by atoms with Crippen molar-refractivity contribution in [1.82, 2.24) is 19.9 Å². The summed E-state index contributed by atoms with van der Waals surface area (Å²) in [5.41, 5.74) is 0.800. The largest absolute Gasteiger partial charge is 0.435 e. The number of rotatable bonds is 5. The Kier molecular flexibility index (Phi) is 6.61. The van der Waals surface area contributed by atoms with E-state index in [9.17, 15) is 43.9 Å². The van der Waals surface area contributed by atoms with Gasteiger partial charge in [0.25, 0.3) is 0 Å². The van der Waals surface area contributed by atoms with Crippen molar-refractivity contribution >= 4 is 17.6 Å². The lowest BCUT2D eigenvalue weighted by Crippen LogP contribution is -2.35. The number of anilines is 3. The minimum Gasteiger partial charge on any atom is -0.395 e. The molecule has 0 radical (unpaired) electrons. The first-order chi connectivity index (χ1) is 14.4. The van der Waals surface area contributed by atoms with Crippen molar-refractivity contribution in [3.63, 3.8) is 0 Å². The van der Waals surface area contributed by atoms with Gasteiger partial charge in [-0.3, -0.25) is 0 Å². The Bertz CT molecular complexity index is 930. The molecular weight excluding hydrogens is 468 g/mol. The molecule has 2 atom stereocenters. The molecule has 2 aromatic heterocycles. The van der Waals surface area contributed by atoms with E-state index < -0.39 is 71.2 Å². The molecule has 0 aliphatic carbocycles. The predicted molar refractivity (Wildman–Crippen MR) is 90.7 cm³/mol. The van der Waals surface area contributed by atoms with E-state index >= 15 is 0 Å². The Morgan fingerprint density at radius 2 is 1.22 bits per heavy atom. The standard InChI is InChI=1S/C15H13F10N7/c1-4(13(17,18)19)27-11-30-10(31-12(32-11)28-5(2)14(20,21)22)7-3-6(16)8(26)9(29-7)15(23,24)25/h3-5H,26H2,1-2H3,(H2,27,28,30,31,32). The van der Waals surface area contributed by atoms with E-state index in [1.807, 2.05) is 0 Å². The summed E-state index contributed by atoms with van der Waals surface area (Å²) in [5, 5.41) is 3.48. The van der Waals surface area contributed by atoms with Gasteiger partial charge in [0.15, 0.2) is 17.3 Å². The average Bonchev–Trinajstić information content (AvgIpc) is 2.61. The molecule has 2 rings (SSSR count).